The van der Waals surface area contributed by atoms with Crippen molar-refractivity contribution in [2.75, 3.05) is 37.6 Å². The van der Waals surface area contributed by atoms with Crippen LogP contribution in [-0.2, 0) is 4.74 Å². The van der Waals surface area contributed by atoms with Crippen molar-refractivity contribution >= 4 is 17.8 Å². The second-order valence-corrected chi connectivity index (χ2v) is 9.40. The van der Waals surface area contributed by atoms with Crippen molar-refractivity contribution in [1.82, 2.24) is 15.2 Å². The fourth-order valence-electron chi connectivity index (χ4n) is 4.21. The van der Waals surface area contributed by atoms with Gasteiger partial charge in [0.2, 0.25) is 0 Å². The number of aromatic nitrogens is 1. The Balaban J connectivity index is 1.49. The molecule has 3 rings (SSSR count). The molecule has 0 aliphatic carbocycles. The van der Waals surface area contributed by atoms with Crippen LogP contribution in [0.5, 0.6) is 0 Å². The first-order valence-electron chi connectivity index (χ1n) is 11.3. The molecular weight excluding hydrogens is 380 g/mol. The summed E-state index contributed by atoms with van der Waals surface area (Å²) < 4.78 is 5.50. The molecule has 166 valence electrons. The van der Waals surface area contributed by atoms with Crippen molar-refractivity contribution in [3.63, 3.8) is 0 Å². The summed E-state index contributed by atoms with van der Waals surface area (Å²) in [4.78, 5) is 33.7. The number of ether oxygens (including phenoxy) is 1. The third-order valence-corrected chi connectivity index (χ3v) is 5.70. The van der Waals surface area contributed by atoms with Crippen molar-refractivity contribution in [2.45, 2.75) is 64.9 Å². The van der Waals surface area contributed by atoms with Gasteiger partial charge in [0, 0.05) is 38.9 Å². The summed E-state index contributed by atoms with van der Waals surface area (Å²) in [7, 11) is 0. The summed E-state index contributed by atoms with van der Waals surface area (Å²) in [5, 5.41) is 3.07. The number of hydrogen-bond acceptors (Lipinski definition) is 5. The molecule has 3 heterocycles. The summed E-state index contributed by atoms with van der Waals surface area (Å²) in [5.41, 5.74) is 0.173. The molecule has 2 amide bonds. The smallest absolute Gasteiger partial charge is 0.410 e. The van der Waals surface area contributed by atoms with Crippen molar-refractivity contribution in [3.8, 4) is 0 Å². The lowest BCUT2D eigenvalue weighted by Gasteiger charge is -2.34. The van der Waals surface area contributed by atoms with E-state index in [1.165, 1.54) is 6.42 Å². The molecule has 1 atom stereocenters. The van der Waals surface area contributed by atoms with E-state index in [0.717, 1.165) is 57.6 Å². The van der Waals surface area contributed by atoms with E-state index in [2.05, 4.69) is 15.2 Å². The Morgan fingerprint density at radius 1 is 1.17 bits per heavy atom. The van der Waals surface area contributed by atoms with Crippen LogP contribution >= 0.6 is 0 Å². The van der Waals surface area contributed by atoms with Crippen LogP contribution in [0, 0.1) is 5.92 Å². The molecule has 2 fully saturated rings. The quantitative estimate of drug-likeness (QED) is 0.789. The highest BCUT2D eigenvalue weighted by atomic mass is 16.6. The third kappa shape index (κ3) is 6.34. The Kier molecular flexibility index (Phi) is 7.56. The molecule has 0 aromatic carbocycles. The summed E-state index contributed by atoms with van der Waals surface area (Å²) >= 11 is 0. The van der Waals surface area contributed by atoms with E-state index >= 15 is 0 Å². The lowest BCUT2D eigenvalue weighted by atomic mass is 9.95. The van der Waals surface area contributed by atoms with Gasteiger partial charge in [0.1, 0.15) is 11.4 Å². The predicted octanol–water partition coefficient (Wildman–Crippen LogP) is 3.84. The van der Waals surface area contributed by atoms with E-state index in [-0.39, 0.29) is 12.0 Å². The Bertz CT molecular complexity index is 725. The third-order valence-electron chi connectivity index (χ3n) is 5.70. The molecule has 7 heteroatoms. The van der Waals surface area contributed by atoms with Gasteiger partial charge in [-0.2, -0.15) is 0 Å². The van der Waals surface area contributed by atoms with E-state index in [1.807, 2.05) is 32.9 Å². The number of likely N-dealkylation sites (tertiary alicyclic amines) is 1. The van der Waals surface area contributed by atoms with Gasteiger partial charge in [-0.3, -0.25) is 4.79 Å². The van der Waals surface area contributed by atoms with E-state index in [4.69, 9.17) is 4.74 Å². The van der Waals surface area contributed by atoms with Gasteiger partial charge in [-0.25, -0.2) is 9.78 Å². The summed E-state index contributed by atoms with van der Waals surface area (Å²) in [6.45, 7) is 9.61. The van der Waals surface area contributed by atoms with E-state index < -0.39 is 5.60 Å². The van der Waals surface area contributed by atoms with Gasteiger partial charge >= 0.3 is 6.09 Å². The van der Waals surface area contributed by atoms with Crippen molar-refractivity contribution in [3.05, 3.63) is 23.9 Å². The van der Waals surface area contributed by atoms with Crippen LogP contribution in [0.3, 0.4) is 0 Å². The summed E-state index contributed by atoms with van der Waals surface area (Å²) in [6.07, 6.45) is 7.95. The Morgan fingerprint density at radius 3 is 2.67 bits per heavy atom. The first-order chi connectivity index (χ1) is 14.3. The number of anilines is 1. The van der Waals surface area contributed by atoms with Gasteiger partial charge < -0.3 is 19.9 Å². The average Bonchev–Trinajstić information content (AvgIpc) is 2.73. The standard InChI is InChI=1S/C23H36N4O3/c1-23(2,3)30-22(29)27-16-8-9-18(17-27)11-13-25-21(28)19-10-7-12-24-20(19)26-14-5-4-6-15-26/h7,10,12,18H,4-6,8-9,11,13-17H2,1-3H3,(H,25,28). The number of carbonyl (C=O) groups is 2. The van der Waals surface area contributed by atoms with Crippen molar-refractivity contribution < 1.29 is 14.3 Å². The molecule has 0 bridgehead atoms. The van der Waals surface area contributed by atoms with Crippen LogP contribution in [0.2, 0.25) is 0 Å². The predicted molar refractivity (Wildman–Crippen MR) is 118 cm³/mol. The van der Waals surface area contributed by atoms with Crippen LogP contribution in [-0.4, -0.2) is 60.2 Å². The summed E-state index contributed by atoms with van der Waals surface area (Å²) in [6, 6.07) is 3.68. The number of hydrogen-bond donors (Lipinski definition) is 1. The number of piperidine rings is 2. The molecule has 1 aromatic heterocycles. The lowest BCUT2D eigenvalue weighted by Crippen LogP contribution is -2.43. The molecule has 30 heavy (non-hydrogen) atoms. The van der Waals surface area contributed by atoms with Crippen LogP contribution in [0.1, 0.15) is 69.7 Å². The van der Waals surface area contributed by atoms with Gasteiger partial charge in [0.05, 0.1) is 5.56 Å². The molecule has 1 aromatic rings. The zero-order valence-corrected chi connectivity index (χ0v) is 18.7. The topological polar surface area (TPSA) is 74.8 Å². The second kappa shape index (κ2) is 10.1. The first-order valence-corrected chi connectivity index (χ1v) is 11.3. The second-order valence-electron chi connectivity index (χ2n) is 9.40. The SMILES string of the molecule is CC(C)(C)OC(=O)N1CCCC(CCNC(=O)c2cccnc2N2CCCCC2)C1. The Morgan fingerprint density at radius 2 is 1.93 bits per heavy atom. The number of nitrogens with one attached hydrogen (secondary N) is 1. The van der Waals surface area contributed by atoms with Crippen molar-refractivity contribution in [1.29, 1.82) is 0 Å². The van der Waals surface area contributed by atoms with Gasteiger partial charge in [0.25, 0.3) is 5.91 Å². The highest BCUT2D eigenvalue weighted by Crippen LogP contribution is 2.23. The maximum absolute atomic E-state index is 12.8. The first kappa shape index (κ1) is 22.4. The van der Waals surface area contributed by atoms with Crippen LogP contribution < -0.4 is 10.2 Å². The fraction of sp³-hybridized carbons (Fsp3) is 0.696. The van der Waals surface area contributed by atoms with E-state index in [9.17, 15) is 9.59 Å². The molecule has 0 radical (unpaired) electrons. The highest BCUT2D eigenvalue weighted by molar-refractivity contribution is 5.98. The maximum atomic E-state index is 12.8. The zero-order valence-electron chi connectivity index (χ0n) is 18.7. The van der Waals surface area contributed by atoms with Gasteiger partial charge in [0.15, 0.2) is 0 Å². The molecule has 2 saturated heterocycles. The normalized spacial score (nSPS) is 20.0. The monoisotopic (exact) mass is 416 g/mol. The number of nitrogens with zero attached hydrogens (tertiary/aromatic N) is 3. The number of rotatable bonds is 5. The number of carbonyl (C=O) groups excluding carboxylic acids is 2. The Hall–Kier alpha value is -2.31. The molecule has 0 spiro atoms. The molecule has 2 aliphatic heterocycles. The molecule has 2 aliphatic rings. The number of pyridine rings is 1. The van der Waals surface area contributed by atoms with Crippen LogP contribution in [0.15, 0.2) is 18.3 Å². The zero-order chi connectivity index (χ0) is 21.6. The van der Waals surface area contributed by atoms with Crippen molar-refractivity contribution in [2.24, 2.45) is 5.92 Å². The van der Waals surface area contributed by atoms with Crippen LogP contribution in [0.25, 0.3) is 0 Å². The average molecular weight is 417 g/mol. The molecule has 7 nitrogen and oxygen atoms in total. The molecular formula is C23H36N4O3. The highest BCUT2D eigenvalue weighted by Gasteiger charge is 2.27. The van der Waals surface area contributed by atoms with Crippen LogP contribution in [0.4, 0.5) is 10.6 Å². The minimum atomic E-state index is -0.478. The van der Waals surface area contributed by atoms with Gasteiger partial charge in [-0.15, -0.1) is 0 Å². The number of amides is 2. The van der Waals surface area contributed by atoms with E-state index in [0.29, 0.717) is 24.6 Å². The van der Waals surface area contributed by atoms with Gasteiger partial charge in [-0.1, -0.05) is 0 Å². The largest absolute Gasteiger partial charge is 0.444 e. The molecule has 0 saturated carbocycles. The Labute approximate surface area is 180 Å². The fourth-order valence-corrected chi connectivity index (χ4v) is 4.21. The molecule has 1 N–H and O–H groups in total. The van der Waals surface area contributed by atoms with E-state index in [1.54, 1.807) is 11.1 Å². The molecule has 1 unspecified atom stereocenters. The maximum Gasteiger partial charge on any atom is 0.410 e. The summed E-state index contributed by atoms with van der Waals surface area (Å²) in [5.74, 6) is 1.11. The minimum absolute atomic E-state index is 0.0662. The lowest BCUT2D eigenvalue weighted by molar-refractivity contribution is 0.0161. The van der Waals surface area contributed by atoms with Gasteiger partial charge in [-0.05, 0) is 77.3 Å². The minimum Gasteiger partial charge on any atom is -0.444 e.